The van der Waals surface area contributed by atoms with Crippen LogP contribution in [0.1, 0.15) is 17.5 Å². The van der Waals surface area contributed by atoms with E-state index in [1.165, 1.54) is 0 Å². The summed E-state index contributed by atoms with van der Waals surface area (Å²) in [5.74, 6) is -1.07. The zero-order chi connectivity index (χ0) is 13.6. The van der Waals surface area contributed by atoms with E-state index >= 15 is 0 Å². The molecule has 2 aromatic rings. The standard InChI is InChI=1S/C14H16N2O3/c1-8-5-9(2)12-11(6-8)15-14(19-12)16-4-3-10(7-16)13(17)18/h5-6,10H,3-4,7H2,1-2H3,(H,17,18). The third kappa shape index (κ3) is 2.05. The zero-order valence-corrected chi connectivity index (χ0v) is 11.0. The molecule has 100 valence electrons. The second kappa shape index (κ2) is 4.26. The molecule has 3 rings (SSSR count). The molecule has 2 heterocycles. The SMILES string of the molecule is Cc1cc(C)c2oc(N3CCC(C(=O)O)C3)nc2c1. The highest BCUT2D eigenvalue weighted by Gasteiger charge is 2.30. The summed E-state index contributed by atoms with van der Waals surface area (Å²) in [6.45, 7) is 5.17. The van der Waals surface area contributed by atoms with Crippen molar-refractivity contribution in [2.24, 2.45) is 5.92 Å². The highest BCUT2D eigenvalue weighted by molar-refractivity contribution is 5.79. The highest BCUT2D eigenvalue weighted by Crippen LogP contribution is 2.29. The number of anilines is 1. The Morgan fingerprint density at radius 2 is 2.26 bits per heavy atom. The molecule has 1 atom stereocenters. The fourth-order valence-electron chi connectivity index (χ4n) is 2.64. The molecule has 1 N–H and O–H groups in total. The Morgan fingerprint density at radius 3 is 2.95 bits per heavy atom. The first-order valence-corrected chi connectivity index (χ1v) is 6.40. The van der Waals surface area contributed by atoms with Crippen molar-refractivity contribution >= 4 is 23.1 Å². The Kier molecular flexibility index (Phi) is 2.69. The lowest BCUT2D eigenvalue weighted by Gasteiger charge is -2.11. The van der Waals surface area contributed by atoms with Gasteiger partial charge in [0.1, 0.15) is 5.52 Å². The molecule has 0 amide bonds. The first kappa shape index (κ1) is 12.0. The maximum atomic E-state index is 11.0. The highest BCUT2D eigenvalue weighted by atomic mass is 16.4. The normalized spacial score (nSPS) is 19.3. The first-order valence-electron chi connectivity index (χ1n) is 6.40. The number of rotatable bonds is 2. The van der Waals surface area contributed by atoms with Gasteiger partial charge in [-0.3, -0.25) is 4.79 Å². The lowest BCUT2D eigenvalue weighted by molar-refractivity contribution is -0.140. The molecule has 1 fully saturated rings. The monoisotopic (exact) mass is 260 g/mol. The third-order valence-electron chi connectivity index (χ3n) is 3.62. The molecule has 1 aliphatic rings. The Morgan fingerprint density at radius 1 is 1.47 bits per heavy atom. The number of carboxylic acid groups (broad SMARTS) is 1. The number of carboxylic acids is 1. The predicted molar refractivity (Wildman–Crippen MR) is 71.4 cm³/mol. The molecular weight excluding hydrogens is 244 g/mol. The summed E-state index contributed by atoms with van der Waals surface area (Å²) in [6.07, 6.45) is 0.645. The fraction of sp³-hybridized carbons (Fsp3) is 0.429. The number of hydrogen-bond donors (Lipinski definition) is 1. The molecule has 0 aliphatic carbocycles. The van der Waals surface area contributed by atoms with Gasteiger partial charge in [-0.25, -0.2) is 0 Å². The van der Waals surface area contributed by atoms with E-state index in [1.54, 1.807) is 0 Å². The van der Waals surface area contributed by atoms with Crippen LogP contribution in [0.4, 0.5) is 6.01 Å². The molecule has 0 radical (unpaired) electrons. The van der Waals surface area contributed by atoms with E-state index in [0.29, 0.717) is 25.5 Å². The second-order valence-electron chi connectivity index (χ2n) is 5.20. The summed E-state index contributed by atoms with van der Waals surface area (Å²) in [4.78, 5) is 17.4. The van der Waals surface area contributed by atoms with Gasteiger partial charge in [-0.2, -0.15) is 4.98 Å². The van der Waals surface area contributed by atoms with Crippen molar-refractivity contribution in [3.8, 4) is 0 Å². The fourth-order valence-corrected chi connectivity index (χ4v) is 2.64. The minimum Gasteiger partial charge on any atom is -0.481 e. The first-order chi connectivity index (χ1) is 9.04. The number of hydrogen-bond acceptors (Lipinski definition) is 4. The van der Waals surface area contributed by atoms with Gasteiger partial charge in [-0.1, -0.05) is 6.07 Å². The number of nitrogens with zero attached hydrogens (tertiary/aromatic N) is 2. The molecule has 5 nitrogen and oxygen atoms in total. The summed E-state index contributed by atoms with van der Waals surface area (Å²) >= 11 is 0. The van der Waals surface area contributed by atoms with Gasteiger partial charge < -0.3 is 14.4 Å². The van der Waals surface area contributed by atoms with E-state index in [9.17, 15) is 4.79 Å². The molecule has 19 heavy (non-hydrogen) atoms. The molecule has 1 aromatic heterocycles. The van der Waals surface area contributed by atoms with E-state index < -0.39 is 5.97 Å². The Bertz CT molecular complexity index is 647. The minimum absolute atomic E-state index is 0.321. The van der Waals surface area contributed by atoms with Crippen LogP contribution >= 0.6 is 0 Å². The van der Waals surface area contributed by atoms with E-state index in [2.05, 4.69) is 11.1 Å². The van der Waals surface area contributed by atoms with Crippen molar-refractivity contribution in [3.05, 3.63) is 23.3 Å². The lowest BCUT2D eigenvalue weighted by Crippen LogP contribution is -2.22. The van der Waals surface area contributed by atoms with Crippen LogP contribution in [-0.2, 0) is 4.79 Å². The van der Waals surface area contributed by atoms with Crippen LogP contribution in [0, 0.1) is 19.8 Å². The Balaban J connectivity index is 1.94. The van der Waals surface area contributed by atoms with Gasteiger partial charge in [0.2, 0.25) is 0 Å². The van der Waals surface area contributed by atoms with Crippen LogP contribution in [0.25, 0.3) is 11.1 Å². The summed E-state index contributed by atoms with van der Waals surface area (Å²) in [5.41, 5.74) is 3.84. The van der Waals surface area contributed by atoms with E-state index in [1.807, 2.05) is 24.8 Å². The van der Waals surface area contributed by atoms with E-state index in [-0.39, 0.29) is 5.92 Å². The van der Waals surface area contributed by atoms with Crippen LogP contribution in [0.15, 0.2) is 16.5 Å². The summed E-state index contributed by atoms with van der Waals surface area (Å²) < 4.78 is 5.79. The van der Waals surface area contributed by atoms with Gasteiger partial charge in [0, 0.05) is 13.1 Å². The lowest BCUT2D eigenvalue weighted by atomic mass is 10.1. The number of carbonyl (C=O) groups is 1. The topological polar surface area (TPSA) is 66.6 Å². The third-order valence-corrected chi connectivity index (χ3v) is 3.62. The van der Waals surface area contributed by atoms with Crippen LogP contribution in [0.5, 0.6) is 0 Å². The number of aliphatic carboxylic acids is 1. The minimum atomic E-state index is -0.745. The maximum Gasteiger partial charge on any atom is 0.308 e. The number of oxazole rings is 1. The smallest absolute Gasteiger partial charge is 0.308 e. The molecule has 0 bridgehead atoms. The van der Waals surface area contributed by atoms with Crippen LogP contribution < -0.4 is 4.90 Å². The molecule has 1 saturated heterocycles. The summed E-state index contributed by atoms with van der Waals surface area (Å²) in [7, 11) is 0. The summed E-state index contributed by atoms with van der Waals surface area (Å²) in [5, 5.41) is 9.02. The molecular formula is C14H16N2O3. The van der Waals surface area contributed by atoms with Crippen molar-refractivity contribution in [2.45, 2.75) is 20.3 Å². The quantitative estimate of drug-likeness (QED) is 0.897. The van der Waals surface area contributed by atoms with Gasteiger partial charge in [0.05, 0.1) is 5.92 Å². The molecule has 0 saturated carbocycles. The molecule has 1 unspecified atom stereocenters. The van der Waals surface area contributed by atoms with Crippen LogP contribution in [-0.4, -0.2) is 29.1 Å². The zero-order valence-electron chi connectivity index (χ0n) is 11.0. The summed E-state index contributed by atoms with van der Waals surface area (Å²) in [6, 6.07) is 4.58. The van der Waals surface area contributed by atoms with Crippen molar-refractivity contribution in [3.63, 3.8) is 0 Å². The van der Waals surface area contributed by atoms with Crippen molar-refractivity contribution in [1.82, 2.24) is 4.98 Å². The Labute approximate surface area is 110 Å². The largest absolute Gasteiger partial charge is 0.481 e. The second-order valence-corrected chi connectivity index (χ2v) is 5.20. The van der Waals surface area contributed by atoms with Crippen molar-refractivity contribution in [1.29, 1.82) is 0 Å². The predicted octanol–water partition coefficient (Wildman–Crippen LogP) is 2.36. The molecule has 1 aliphatic heterocycles. The molecule has 1 aromatic carbocycles. The van der Waals surface area contributed by atoms with Gasteiger partial charge in [-0.05, 0) is 37.5 Å². The average Bonchev–Trinajstić information content (AvgIpc) is 2.92. The van der Waals surface area contributed by atoms with Gasteiger partial charge >= 0.3 is 5.97 Å². The number of benzene rings is 1. The van der Waals surface area contributed by atoms with Crippen molar-refractivity contribution in [2.75, 3.05) is 18.0 Å². The van der Waals surface area contributed by atoms with Gasteiger partial charge in [0.25, 0.3) is 6.01 Å². The van der Waals surface area contributed by atoms with E-state index in [0.717, 1.165) is 22.2 Å². The van der Waals surface area contributed by atoms with E-state index in [4.69, 9.17) is 9.52 Å². The number of fused-ring (bicyclic) bond motifs is 1. The maximum absolute atomic E-state index is 11.0. The van der Waals surface area contributed by atoms with Gasteiger partial charge in [0.15, 0.2) is 5.58 Å². The van der Waals surface area contributed by atoms with Crippen LogP contribution in [0.3, 0.4) is 0 Å². The van der Waals surface area contributed by atoms with Crippen LogP contribution in [0.2, 0.25) is 0 Å². The molecule has 0 spiro atoms. The Hall–Kier alpha value is -2.04. The number of aryl methyl sites for hydroxylation is 2. The average molecular weight is 260 g/mol. The molecule has 5 heteroatoms. The van der Waals surface area contributed by atoms with Gasteiger partial charge in [-0.15, -0.1) is 0 Å². The number of aromatic nitrogens is 1. The van der Waals surface area contributed by atoms with Crippen molar-refractivity contribution < 1.29 is 14.3 Å².